The molecule has 0 unspecified atom stereocenters. The molecular weight excluding hydrogens is 200 g/mol. The van der Waals surface area contributed by atoms with Gasteiger partial charge in [-0.15, -0.1) is 0 Å². The van der Waals surface area contributed by atoms with Crippen LogP contribution in [0.15, 0.2) is 36.9 Å². The quantitative estimate of drug-likeness (QED) is 0.762. The smallest absolute Gasteiger partial charge is 0.303 e. The summed E-state index contributed by atoms with van der Waals surface area (Å²) in [5.41, 5.74) is 1.17. The molecule has 1 aromatic rings. The fourth-order valence-corrected chi connectivity index (χ4v) is 1.12. The van der Waals surface area contributed by atoms with Crippen molar-refractivity contribution in [1.82, 2.24) is 0 Å². The number of carboxylic acids is 1. The van der Waals surface area contributed by atoms with Gasteiger partial charge in [-0.05, 0) is 12.0 Å². The number of unbranched alkanes of at least 4 members (excludes halogenated alkanes) is 2. The molecule has 0 saturated heterocycles. The second-order valence-corrected chi connectivity index (χ2v) is 3.47. The third kappa shape index (κ3) is 9.00. The van der Waals surface area contributed by atoms with Crippen LogP contribution in [0.1, 0.15) is 38.2 Å². The standard InChI is InChI=1S/C8H8.C6H12O2/c1-2-8-6-4-3-5-7-8;1-2-3-4-5-6(7)8/h2-7H,1H2;2-5H2,1H3,(H,7,8). The molecule has 0 radical (unpaired) electrons. The van der Waals surface area contributed by atoms with Crippen molar-refractivity contribution in [2.45, 2.75) is 32.6 Å². The Morgan fingerprint density at radius 3 is 2.31 bits per heavy atom. The van der Waals surface area contributed by atoms with Crippen molar-refractivity contribution in [2.75, 3.05) is 0 Å². The maximum absolute atomic E-state index is 9.87. The van der Waals surface area contributed by atoms with Crippen LogP contribution in [0.3, 0.4) is 0 Å². The molecule has 0 aliphatic carbocycles. The monoisotopic (exact) mass is 220 g/mol. The summed E-state index contributed by atoms with van der Waals surface area (Å²) in [7, 11) is 0. The van der Waals surface area contributed by atoms with Crippen LogP contribution in [0.4, 0.5) is 0 Å². The van der Waals surface area contributed by atoms with Crippen molar-refractivity contribution in [3.05, 3.63) is 42.5 Å². The van der Waals surface area contributed by atoms with E-state index in [0.717, 1.165) is 19.3 Å². The van der Waals surface area contributed by atoms with E-state index in [0.29, 0.717) is 6.42 Å². The first kappa shape index (κ1) is 14.4. The Bertz CT molecular complexity index is 291. The maximum atomic E-state index is 9.87. The summed E-state index contributed by atoms with van der Waals surface area (Å²) in [4.78, 5) is 9.87. The highest BCUT2D eigenvalue weighted by Gasteiger charge is 1.92. The molecule has 1 rings (SSSR count). The molecule has 1 aromatic carbocycles. The molecule has 1 N–H and O–H groups in total. The van der Waals surface area contributed by atoms with Crippen LogP contribution in [-0.4, -0.2) is 11.1 Å². The highest BCUT2D eigenvalue weighted by Crippen LogP contribution is 1.97. The Kier molecular flexibility index (Phi) is 8.99. The predicted molar refractivity (Wildman–Crippen MR) is 68.3 cm³/mol. The minimum atomic E-state index is -0.682. The van der Waals surface area contributed by atoms with Crippen molar-refractivity contribution in [3.63, 3.8) is 0 Å². The lowest BCUT2D eigenvalue weighted by atomic mass is 10.2. The first-order valence-electron chi connectivity index (χ1n) is 5.60. The fraction of sp³-hybridized carbons (Fsp3) is 0.357. The zero-order valence-electron chi connectivity index (χ0n) is 9.86. The van der Waals surface area contributed by atoms with Crippen molar-refractivity contribution in [1.29, 1.82) is 0 Å². The van der Waals surface area contributed by atoms with E-state index in [2.05, 4.69) is 13.5 Å². The van der Waals surface area contributed by atoms with Crippen LogP contribution in [-0.2, 0) is 4.79 Å². The second kappa shape index (κ2) is 9.97. The number of hydrogen-bond acceptors (Lipinski definition) is 1. The molecule has 0 atom stereocenters. The third-order valence-corrected chi connectivity index (χ3v) is 2.03. The average molecular weight is 220 g/mol. The van der Waals surface area contributed by atoms with Gasteiger partial charge in [-0.2, -0.15) is 0 Å². The SMILES string of the molecule is C=Cc1ccccc1.CCCCCC(=O)O. The Balaban J connectivity index is 0.000000281. The van der Waals surface area contributed by atoms with Crippen molar-refractivity contribution in [2.24, 2.45) is 0 Å². The molecule has 0 aliphatic heterocycles. The van der Waals surface area contributed by atoms with Gasteiger partial charge in [-0.3, -0.25) is 4.79 Å². The maximum Gasteiger partial charge on any atom is 0.303 e. The summed E-state index contributed by atoms with van der Waals surface area (Å²) in [5, 5.41) is 8.14. The Morgan fingerprint density at radius 2 is 1.94 bits per heavy atom. The first-order chi connectivity index (χ1) is 7.70. The first-order valence-corrected chi connectivity index (χ1v) is 5.60. The largest absolute Gasteiger partial charge is 0.481 e. The minimum Gasteiger partial charge on any atom is -0.481 e. The van der Waals surface area contributed by atoms with E-state index < -0.39 is 5.97 Å². The van der Waals surface area contributed by atoms with Gasteiger partial charge in [0.2, 0.25) is 0 Å². The molecule has 0 saturated carbocycles. The van der Waals surface area contributed by atoms with Gasteiger partial charge < -0.3 is 5.11 Å². The number of hydrogen-bond donors (Lipinski definition) is 1. The van der Waals surface area contributed by atoms with Gasteiger partial charge in [0.1, 0.15) is 0 Å². The molecule has 0 fully saturated rings. The third-order valence-electron chi connectivity index (χ3n) is 2.03. The average Bonchev–Trinajstić information content (AvgIpc) is 2.31. The molecule has 2 heteroatoms. The van der Waals surface area contributed by atoms with Gasteiger partial charge in [0, 0.05) is 6.42 Å². The lowest BCUT2D eigenvalue weighted by Gasteiger charge is -1.89. The van der Waals surface area contributed by atoms with E-state index in [-0.39, 0.29) is 0 Å². The number of carbonyl (C=O) groups is 1. The van der Waals surface area contributed by atoms with Crippen molar-refractivity contribution < 1.29 is 9.90 Å². The van der Waals surface area contributed by atoms with Crippen molar-refractivity contribution in [3.8, 4) is 0 Å². The van der Waals surface area contributed by atoms with Crippen LogP contribution < -0.4 is 0 Å². The van der Waals surface area contributed by atoms with Crippen LogP contribution in [0, 0.1) is 0 Å². The zero-order chi connectivity index (χ0) is 12.2. The van der Waals surface area contributed by atoms with Gasteiger partial charge in [0.15, 0.2) is 0 Å². The van der Waals surface area contributed by atoms with Gasteiger partial charge in [-0.1, -0.05) is 62.8 Å². The van der Waals surface area contributed by atoms with Crippen LogP contribution in [0.25, 0.3) is 6.08 Å². The van der Waals surface area contributed by atoms with E-state index in [1.165, 1.54) is 5.56 Å². The molecule has 0 spiro atoms. The summed E-state index contributed by atoms with van der Waals surface area (Å²) in [6.45, 7) is 5.69. The van der Waals surface area contributed by atoms with E-state index in [1.54, 1.807) is 0 Å². The summed E-state index contributed by atoms with van der Waals surface area (Å²) < 4.78 is 0. The van der Waals surface area contributed by atoms with Crippen LogP contribution in [0.5, 0.6) is 0 Å². The summed E-state index contributed by atoms with van der Waals surface area (Å²) in [5.74, 6) is -0.682. The topological polar surface area (TPSA) is 37.3 Å². The van der Waals surface area contributed by atoms with E-state index in [4.69, 9.17) is 5.11 Å². The highest BCUT2D eigenvalue weighted by molar-refractivity contribution is 5.66. The number of benzene rings is 1. The lowest BCUT2D eigenvalue weighted by molar-refractivity contribution is -0.137. The van der Waals surface area contributed by atoms with Gasteiger partial charge in [0.25, 0.3) is 0 Å². The van der Waals surface area contributed by atoms with E-state index in [1.807, 2.05) is 36.4 Å². The highest BCUT2D eigenvalue weighted by atomic mass is 16.4. The minimum absolute atomic E-state index is 0.327. The van der Waals surface area contributed by atoms with Crippen LogP contribution >= 0.6 is 0 Å². The summed E-state index contributed by atoms with van der Waals surface area (Å²) in [6.07, 6.45) is 5.11. The molecular formula is C14H20O2. The molecule has 0 aromatic heterocycles. The Morgan fingerprint density at radius 1 is 1.31 bits per heavy atom. The summed E-state index contributed by atoms with van der Waals surface area (Å²) >= 11 is 0. The molecule has 0 amide bonds. The number of aliphatic carboxylic acids is 1. The second-order valence-electron chi connectivity index (χ2n) is 3.47. The van der Waals surface area contributed by atoms with E-state index in [9.17, 15) is 4.79 Å². The predicted octanol–water partition coefficient (Wildman–Crippen LogP) is 3.98. The Hall–Kier alpha value is -1.57. The zero-order valence-corrected chi connectivity index (χ0v) is 9.86. The van der Waals surface area contributed by atoms with E-state index >= 15 is 0 Å². The van der Waals surface area contributed by atoms with Gasteiger partial charge >= 0.3 is 5.97 Å². The molecule has 88 valence electrons. The molecule has 0 heterocycles. The number of rotatable bonds is 5. The molecule has 16 heavy (non-hydrogen) atoms. The summed E-state index contributed by atoms with van der Waals surface area (Å²) in [6, 6.07) is 10.0. The van der Waals surface area contributed by atoms with Gasteiger partial charge in [0.05, 0.1) is 0 Å². The van der Waals surface area contributed by atoms with Crippen molar-refractivity contribution >= 4 is 12.0 Å². The molecule has 2 nitrogen and oxygen atoms in total. The normalized spacial score (nSPS) is 8.81. The van der Waals surface area contributed by atoms with Gasteiger partial charge in [-0.25, -0.2) is 0 Å². The molecule has 0 aliphatic rings. The molecule has 0 bridgehead atoms. The number of carboxylic acid groups (broad SMARTS) is 1. The Labute approximate surface area is 97.6 Å². The lowest BCUT2D eigenvalue weighted by Crippen LogP contribution is -1.92. The fourth-order valence-electron chi connectivity index (χ4n) is 1.12. The van der Waals surface area contributed by atoms with Crippen LogP contribution in [0.2, 0.25) is 0 Å².